The molecule has 0 bridgehead atoms. The van der Waals surface area contributed by atoms with E-state index in [2.05, 4.69) is 0 Å². The molecule has 0 saturated heterocycles. The Morgan fingerprint density at radius 3 is 1.33 bits per heavy atom. The number of carboxylic acid groups (broad SMARTS) is 2. The Morgan fingerprint density at radius 1 is 1.00 bits per heavy atom. The molecule has 0 aliphatic rings. The topological polar surface area (TPSA) is 80.3 Å². The van der Waals surface area contributed by atoms with Gasteiger partial charge in [0.1, 0.15) is 0 Å². The number of rotatable bonds is 2. The molecule has 0 aliphatic carbocycles. The predicted molar refractivity (Wildman–Crippen MR) is 19.2 cm³/mol. The van der Waals surface area contributed by atoms with Gasteiger partial charge in [-0.05, 0) is 12.2 Å². The zero-order valence-corrected chi connectivity index (χ0v) is 8.53. The smallest absolute Gasteiger partial charge is 0.545 e. The van der Waals surface area contributed by atoms with Crippen molar-refractivity contribution in [3.8, 4) is 0 Å². The molecule has 0 spiro atoms. The Hall–Kier alpha value is -0.398. The fourth-order valence-corrected chi connectivity index (χ4v) is 0.136. The quantitative estimate of drug-likeness (QED) is 0.372. The second-order valence-corrected chi connectivity index (χ2v) is 0.971. The Labute approximate surface area is 71.3 Å². The predicted octanol–water partition coefficient (Wildman–Crippen LogP) is -2.96. The summed E-state index contributed by atoms with van der Waals surface area (Å²) in [7, 11) is 0. The number of carbonyl (C=O) groups is 2. The summed E-state index contributed by atoms with van der Waals surface area (Å²) in [6.07, 6.45) is 0.769. The third kappa shape index (κ3) is 11.3. The fourth-order valence-electron chi connectivity index (χ4n) is 0.136. The summed E-state index contributed by atoms with van der Waals surface area (Å²) in [6.45, 7) is 0. The van der Waals surface area contributed by atoms with Gasteiger partial charge in [-0.15, -0.1) is 0 Å². The third-order valence-corrected chi connectivity index (χ3v) is 0.355. The van der Waals surface area contributed by atoms with Gasteiger partial charge in [0.2, 0.25) is 0 Å². The van der Waals surface area contributed by atoms with Crippen molar-refractivity contribution in [1.82, 2.24) is 0 Å². The molecule has 4 nitrogen and oxygen atoms in total. The number of hydrogen-bond donors (Lipinski definition) is 0. The van der Waals surface area contributed by atoms with Crippen molar-refractivity contribution in [2.45, 2.75) is 0 Å². The van der Waals surface area contributed by atoms with Gasteiger partial charge in [0.15, 0.2) is 0 Å². The van der Waals surface area contributed by atoms with E-state index < -0.39 is 11.9 Å². The van der Waals surface area contributed by atoms with E-state index in [0.29, 0.717) is 12.2 Å². The second-order valence-electron chi connectivity index (χ2n) is 0.971. The van der Waals surface area contributed by atoms with Gasteiger partial charge in [0.25, 0.3) is 0 Å². The van der Waals surface area contributed by atoms with E-state index in [1.165, 1.54) is 0 Å². The molecule has 0 radical (unpaired) electrons. The number of hydrogen-bond acceptors (Lipinski definition) is 4. The van der Waals surface area contributed by atoms with Crippen LogP contribution in [0.25, 0.3) is 0 Å². The second kappa shape index (κ2) is 5.73. The molecule has 0 aromatic heterocycles. The average Bonchev–Trinajstić information content (AvgIpc) is 1.61. The van der Waals surface area contributed by atoms with E-state index in [9.17, 15) is 19.8 Å². The molecule has 0 aromatic carbocycles. The van der Waals surface area contributed by atoms with Crippen molar-refractivity contribution in [3.05, 3.63) is 12.2 Å². The van der Waals surface area contributed by atoms with Crippen LogP contribution < -0.4 is 10.2 Å². The van der Waals surface area contributed by atoms with Gasteiger partial charge >= 0.3 is 27.3 Å². The van der Waals surface area contributed by atoms with E-state index in [0.717, 1.165) is 0 Å². The van der Waals surface area contributed by atoms with Crippen molar-refractivity contribution < 1.29 is 47.1 Å². The maximum Gasteiger partial charge on any atom is 2.00 e. The standard InChI is InChI=1S/C4H4O4.Cd/c5-3(6)1-2-4(7)8;/h1-2H,(H,5,6)(H,7,8);/q;+2/p-2/b2-1-;. The van der Waals surface area contributed by atoms with Crippen molar-refractivity contribution in [2.24, 2.45) is 0 Å². The molecule has 0 rings (SSSR count). The molecule has 0 aliphatic heterocycles. The van der Waals surface area contributed by atoms with E-state index in [1.54, 1.807) is 0 Å². The summed E-state index contributed by atoms with van der Waals surface area (Å²) in [6, 6.07) is 0. The minimum absolute atomic E-state index is 0. The zero-order chi connectivity index (χ0) is 6.57. The zero-order valence-electron chi connectivity index (χ0n) is 4.49. The van der Waals surface area contributed by atoms with Crippen LogP contribution >= 0.6 is 0 Å². The van der Waals surface area contributed by atoms with E-state index >= 15 is 0 Å². The summed E-state index contributed by atoms with van der Waals surface area (Å²) in [5.74, 6) is -3.09. The molecule has 9 heavy (non-hydrogen) atoms. The fraction of sp³-hybridized carbons (Fsp3) is 0. The molecular weight excluding hydrogens is 224 g/mol. The van der Waals surface area contributed by atoms with Crippen LogP contribution in [0.5, 0.6) is 0 Å². The summed E-state index contributed by atoms with van der Waals surface area (Å²) in [5.41, 5.74) is 0. The summed E-state index contributed by atoms with van der Waals surface area (Å²) >= 11 is 0. The van der Waals surface area contributed by atoms with Crippen molar-refractivity contribution in [3.63, 3.8) is 0 Å². The van der Waals surface area contributed by atoms with Crippen LogP contribution in [0.1, 0.15) is 0 Å². The van der Waals surface area contributed by atoms with Crippen LogP contribution in [-0.2, 0) is 36.9 Å². The van der Waals surface area contributed by atoms with E-state index in [-0.39, 0.29) is 27.3 Å². The molecule has 0 heterocycles. The minimum Gasteiger partial charge on any atom is -0.545 e. The molecule has 0 unspecified atom stereocenters. The largest absolute Gasteiger partial charge is 2.00 e. The monoisotopic (exact) mass is 228 g/mol. The minimum atomic E-state index is -1.55. The Balaban J connectivity index is 0. The first-order valence-corrected chi connectivity index (χ1v) is 1.73. The van der Waals surface area contributed by atoms with Crippen molar-refractivity contribution >= 4 is 11.9 Å². The van der Waals surface area contributed by atoms with Crippen LogP contribution in [0.4, 0.5) is 0 Å². The van der Waals surface area contributed by atoms with Crippen LogP contribution in [0.2, 0.25) is 0 Å². The SMILES string of the molecule is O=C([O-])/C=C\C(=O)[O-].[Cd+2]. The first kappa shape index (κ1) is 11.4. The summed E-state index contributed by atoms with van der Waals surface area (Å²) in [5, 5.41) is 18.8. The molecule has 5 heteroatoms. The Bertz CT molecular complexity index is 124. The molecule has 0 atom stereocenters. The first-order valence-electron chi connectivity index (χ1n) is 1.73. The van der Waals surface area contributed by atoms with Gasteiger partial charge < -0.3 is 19.8 Å². The molecule has 44 valence electrons. The summed E-state index contributed by atoms with van der Waals surface area (Å²) in [4.78, 5) is 18.8. The average molecular weight is 226 g/mol. The van der Waals surface area contributed by atoms with Gasteiger partial charge in [0, 0.05) is 0 Å². The maximum atomic E-state index is 9.41. The van der Waals surface area contributed by atoms with Crippen LogP contribution in [0, 0.1) is 0 Å². The number of aliphatic carboxylic acids is 2. The molecule has 0 N–H and O–H groups in total. The number of carbonyl (C=O) groups excluding carboxylic acids is 2. The van der Waals surface area contributed by atoms with Gasteiger partial charge in [-0.1, -0.05) is 0 Å². The van der Waals surface area contributed by atoms with Crippen LogP contribution in [0.15, 0.2) is 12.2 Å². The van der Waals surface area contributed by atoms with E-state index in [1.807, 2.05) is 0 Å². The van der Waals surface area contributed by atoms with Crippen molar-refractivity contribution in [2.75, 3.05) is 0 Å². The first-order chi connectivity index (χ1) is 3.63. The normalized spacial score (nSPS) is 8.44. The van der Waals surface area contributed by atoms with Gasteiger partial charge in [-0.25, -0.2) is 0 Å². The molecule has 0 amide bonds. The van der Waals surface area contributed by atoms with Crippen molar-refractivity contribution in [1.29, 1.82) is 0 Å². The Morgan fingerprint density at radius 2 is 1.22 bits per heavy atom. The van der Waals surface area contributed by atoms with E-state index in [4.69, 9.17) is 0 Å². The van der Waals surface area contributed by atoms with Crippen LogP contribution in [0.3, 0.4) is 0 Å². The number of carboxylic acids is 2. The molecule has 0 aromatic rings. The molecule has 0 saturated carbocycles. The van der Waals surface area contributed by atoms with Gasteiger partial charge in [-0.2, -0.15) is 0 Å². The maximum absolute atomic E-state index is 9.41. The van der Waals surface area contributed by atoms with Gasteiger partial charge in [-0.3, -0.25) is 0 Å². The molecular formula is C4H2CdO4. The van der Waals surface area contributed by atoms with Gasteiger partial charge in [0.05, 0.1) is 11.9 Å². The molecule has 0 fully saturated rings. The third-order valence-electron chi connectivity index (χ3n) is 0.355. The Kier molecular flexibility index (Phi) is 7.27. The van der Waals surface area contributed by atoms with Crippen LogP contribution in [-0.4, -0.2) is 11.9 Å². The summed E-state index contributed by atoms with van der Waals surface area (Å²) < 4.78 is 0.